The van der Waals surface area contributed by atoms with Crippen LogP contribution in [0.4, 0.5) is 0 Å². The van der Waals surface area contributed by atoms with Crippen LogP contribution in [0.2, 0.25) is 0 Å². The number of carbonyl (C=O) groups is 5. The number of ether oxygens (including phenoxy) is 3. The highest BCUT2D eigenvalue weighted by Gasteiger charge is 2.02. The molecule has 0 bridgehead atoms. The molecule has 0 saturated heterocycles. The van der Waals surface area contributed by atoms with Crippen molar-refractivity contribution >= 4 is 29.3 Å². The van der Waals surface area contributed by atoms with Gasteiger partial charge in [-0.15, -0.1) is 0 Å². The monoisotopic (exact) mass is 522 g/mol. The molecule has 0 unspecified atom stereocenters. The summed E-state index contributed by atoms with van der Waals surface area (Å²) in [6.45, 7) is 14.8. The van der Waals surface area contributed by atoms with Gasteiger partial charge in [0.2, 0.25) is 0 Å². The molecule has 0 heterocycles. The van der Waals surface area contributed by atoms with Crippen molar-refractivity contribution in [1.82, 2.24) is 0 Å². The molecular weight excluding hydrogens is 488 g/mol. The quantitative estimate of drug-likeness (QED) is 0.125. The van der Waals surface area contributed by atoms with Crippen LogP contribution in [0.25, 0.3) is 0 Å². The first-order valence-electron chi connectivity index (χ1n) is 11.6. The van der Waals surface area contributed by atoms with Gasteiger partial charge in [0.1, 0.15) is 30.5 Å². The van der Waals surface area contributed by atoms with Crippen molar-refractivity contribution in [3.05, 3.63) is 97.6 Å². The number of ketones is 3. The molecule has 2 rings (SSSR count). The highest BCUT2D eigenvalue weighted by molar-refractivity contribution is 5.94. The summed E-state index contributed by atoms with van der Waals surface area (Å²) in [5.41, 5.74) is 1.68. The molecule has 2 aromatic rings. The largest absolute Gasteiger partial charge is 0.490 e. The minimum Gasteiger partial charge on any atom is -0.490 e. The molecule has 0 N–H and O–H groups in total. The molecule has 0 radical (unpaired) electrons. The molecular formula is C30H34O8. The second kappa shape index (κ2) is 19.6. The first kappa shape index (κ1) is 33.4. The van der Waals surface area contributed by atoms with E-state index in [1.807, 2.05) is 12.1 Å². The summed E-state index contributed by atoms with van der Waals surface area (Å²) in [5.74, 6) is 0.363. The van der Waals surface area contributed by atoms with Crippen molar-refractivity contribution in [2.24, 2.45) is 0 Å². The molecule has 0 atom stereocenters. The van der Waals surface area contributed by atoms with Gasteiger partial charge < -0.3 is 19.0 Å². The standard InChI is InChI=1S/C13H14O4.C13H14O3.C4H6O/c1-3-13(15)17-9-8-16-12-6-4-11(5-7-12)10(2)14;1-3-13(15)16-12-8-6-11(7-9-12)5-4-10(2)14;1-3-4(2)5/h3-7H,1,8-9H2,2H3;3,6-9H,1,4-5H2,2H3;3H,1H2,2H3. The summed E-state index contributed by atoms with van der Waals surface area (Å²) in [4.78, 5) is 53.1. The van der Waals surface area contributed by atoms with E-state index in [9.17, 15) is 24.0 Å². The van der Waals surface area contributed by atoms with Gasteiger partial charge in [-0.25, -0.2) is 9.59 Å². The Hall–Kier alpha value is -4.59. The average molecular weight is 523 g/mol. The van der Waals surface area contributed by atoms with E-state index in [1.54, 1.807) is 43.3 Å². The van der Waals surface area contributed by atoms with Crippen LogP contribution in [0.5, 0.6) is 11.5 Å². The first-order valence-corrected chi connectivity index (χ1v) is 11.6. The lowest BCUT2D eigenvalue weighted by atomic mass is 10.1. The molecule has 0 fully saturated rings. The lowest BCUT2D eigenvalue weighted by Gasteiger charge is -2.06. The molecule has 0 saturated carbocycles. The van der Waals surface area contributed by atoms with Crippen LogP contribution < -0.4 is 9.47 Å². The summed E-state index contributed by atoms with van der Waals surface area (Å²) in [6.07, 6.45) is 4.74. The van der Waals surface area contributed by atoms with Crippen LogP contribution in [0.1, 0.15) is 43.1 Å². The highest BCUT2D eigenvalue weighted by atomic mass is 16.6. The van der Waals surface area contributed by atoms with Gasteiger partial charge in [-0.2, -0.15) is 0 Å². The van der Waals surface area contributed by atoms with Crippen LogP contribution in [0.3, 0.4) is 0 Å². The van der Waals surface area contributed by atoms with Crippen LogP contribution in [-0.4, -0.2) is 42.5 Å². The minimum absolute atomic E-state index is 0.0106. The number of esters is 2. The molecule has 8 nitrogen and oxygen atoms in total. The smallest absolute Gasteiger partial charge is 0.335 e. The molecule has 0 amide bonds. The summed E-state index contributed by atoms with van der Waals surface area (Å²) in [7, 11) is 0. The number of benzene rings is 2. The fourth-order valence-corrected chi connectivity index (χ4v) is 2.35. The van der Waals surface area contributed by atoms with E-state index in [-0.39, 0.29) is 30.6 Å². The molecule has 0 aliphatic heterocycles. The third-order valence-electron chi connectivity index (χ3n) is 4.39. The Labute approximate surface area is 223 Å². The zero-order valence-corrected chi connectivity index (χ0v) is 22.1. The summed E-state index contributed by atoms with van der Waals surface area (Å²) >= 11 is 0. The fraction of sp³-hybridized carbons (Fsp3) is 0.233. The van der Waals surface area contributed by atoms with Gasteiger partial charge in [-0.1, -0.05) is 31.9 Å². The zero-order valence-electron chi connectivity index (χ0n) is 22.1. The van der Waals surface area contributed by atoms with Crippen LogP contribution in [-0.2, 0) is 30.3 Å². The van der Waals surface area contributed by atoms with Crippen molar-refractivity contribution < 1.29 is 38.2 Å². The molecule has 0 aliphatic rings. The van der Waals surface area contributed by atoms with Crippen LogP contribution >= 0.6 is 0 Å². The maximum absolute atomic E-state index is 11.0. The Morgan fingerprint density at radius 2 is 1.24 bits per heavy atom. The van der Waals surface area contributed by atoms with Gasteiger partial charge in [0, 0.05) is 24.1 Å². The Morgan fingerprint density at radius 1 is 0.711 bits per heavy atom. The third kappa shape index (κ3) is 16.9. The van der Waals surface area contributed by atoms with Crippen LogP contribution in [0.15, 0.2) is 86.5 Å². The molecule has 0 aliphatic carbocycles. The second-order valence-corrected chi connectivity index (χ2v) is 7.59. The predicted molar refractivity (Wildman–Crippen MR) is 145 cm³/mol. The SMILES string of the molecule is C=CC(=O)OCCOc1ccc(C(C)=O)cc1.C=CC(=O)Oc1ccc(CCC(C)=O)cc1.C=CC(C)=O. The molecule has 38 heavy (non-hydrogen) atoms. The van der Waals surface area contributed by atoms with E-state index in [0.717, 1.165) is 17.7 Å². The van der Waals surface area contributed by atoms with E-state index in [0.29, 0.717) is 29.9 Å². The Kier molecular flexibility index (Phi) is 17.2. The Balaban J connectivity index is 0.000000613. The lowest BCUT2D eigenvalue weighted by molar-refractivity contribution is -0.138. The lowest BCUT2D eigenvalue weighted by Crippen LogP contribution is -2.10. The molecule has 202 valence electrons. The molecule has 8 heteroatoms. The summed E-state index contributed by atoms with van der Waals surface area (Å²) in [5, 5.41) is 0. The number of allylic oxidation sites excluding steroid dienone is 1. The second-order valence-electron chi connectivity index (χ2n) is 7.59. The van der Waals surface area contributed by atoms with E-state index in [1.165, 1.54) is 19.9 Å². The van der Waals surface area contributed by atoms with E-state index in [2.05, 4.69) is 19.7 Å². The number of aryl methyl sites for hydroxylation is 1. The van der Waals surface area contributed by atoms with Crippen molar-refractivity contribution in [2.75, 3.05) is 13.2 Å². The van der Waals surface area contributed by atoms with Gasteiger partial charge in [-0.05, 0) is 75.2 Å². The Bertz CT molecular complexity index is 1100. The zero-order chi connectivity index (χ0) is 28.9. The van der Waals surface area contributed by atoms with Crippen molar-refractivity contribution in [3.8, 4) is 11.5 Å². The summed E-state index contributed by atoms with van der Waals surface area (Å²) in [6, 6.07) is 13.9. The van der Waals surface area contributed by atoms with Gasteiger partial charge in [0.25, 0.3) is 0 Å². The topological polar surface area (TPSA) is 113 Å². The van der Waals surface area contributed by atoms with Gasteiger partial charge in [0.05, 0.1) is 0 Å². The molecule has 0 aromatic heterocycles. The summed E-state index contributed by atoms with van der Waals surface area (Å²) < 4.78 is 15.0. The van der Waals surface area contributed by atoms with Crippen LogP contribution in [0, 0.1) is 0 Å². The van der Waals surface area contributed by atoms with Gasteiger partial charge in [0.15, 0.2) is 11.6 Å². The number of rotatable bonds is 12. The van der Waals surface area contributed by atoms with E-state index < -0.39 is 11.9 Å². The average Bonchev–Trinajstić information content (AvgIpc) is 2.91. The fourth-order valence-electron chi connectivity index (χ4n) is 2.35. The maximum atomic E-state index is 11.0. The molecule has 0 spiro atoms. The van der Waals surface area contributed by atoms with Gasteiger partial charge in [-0.3, -0.25) is 9.59 Å². The minimum atomic E-state index is -0.475. The highest BCUT2D eigenvalue weighted by Crippen LogP contribution is 2.14. The Morgan fingerprint density at radius 3 is 1.68 bits per heavy atom. The van der Waals surface area contributed by atoms with Crippen molar-refractivity contribution in [3.63, 3.8) is 0 Å². The van der Waals surface area contributed by atoms with E-state index in [4.69, 9.17) is 14.2 Å². The number of hydrogen-bond acceptors (Lipinski definition) is 8. The van der Waals surface area contributed by atoms with Crippen molar-refractivity contribution in [2.45, 2.75) is 33.6 Å². The number of Topliss-reactive ketones (excluding diaryl/α,β-unsaturated/α-hetero) is 2. The predicted octanol–water partition coefficient (Wildman–Crippen LogP) is 5.06. The van der Waals surface area contributed by atoms with Crippen molar-refractivity contribution in [1.29, 1.82) is 0 Å². The van der Waals surface area contributed by atoms with Gasteiger partial charge >= 0.3 is 11.9 Å². The number of hydrogen-bond donors (Lipinski definition) is 0. The van der Waals surface area contributed by atoms with E-state index >= 15 is 0 Å². The number of carbonyl (C=O) groups excluding carboxylic acids is 5. The normalized spacial score (nSPS) is 9.13. The third-order valence-corrected chi connectivity index (χ3v) is 4.39. The molecule has 2 aromatic carbocycles. The first-order chi connectivity index (χ1) is 18.0. The maximum Gasteiger partial charge on any atom is 0.335 e.